The Bertz CT molecular complexity index is 863. The number of nitrogens with one attached hydrogen (secondary N) is 1. The Balaban J connectivity index is 1.65. The maximum Gasteiger partial charge on any atom is 0.252 e. The number of amides is 1. The molecule has 2 aromatic rings. The third-order valence-corrected chi connectivity index (χ3v) is 6.42. The van der Waals surface area contributed by atoms with Crippen LogP contribution in [0.1, 0.15) is 29.6 Å². The van der Waals surface area contributed by atoms with Crippen LogP contribution in [-0.4, -0.2) is 44.9 Å². The van der Waals surface area contributed by atoms with Crippen LogP contribution in [0.3, 0.4) is 0 Å². The van der Waals surface area contributed by atoms with Gasteiger partial charge >= 0.3 is 0 Å². The van der Waals surface area contributed by atoms with Gasteiger partial charge in [-0.25, -0.2) is 8.42 Å². The Morgan fingerprint density at radius 3 is 2.37 bits per heavy atom. The number of hydrogen-bond acceptors (Lipinski definition) is 4. The molecule has 1 aliphatic rings. The highest BCUT2D eigenvalue weighted by atomic mass is 32.2. The number of benzene rings is 2. The zero-order valence-electron chi connectivity index (χ0n) is 15.1. The summed E-state index contributed by atoms with van der Waals surface area (Å²) in [4.78, 5) is 12.6. The first-order valence-electron chi connectivity index (χ1n) is 9.14. The van der Waals surface area contributed by atoms with Gasteiger partial charge in [0.25, 0.3) is 5.91 Å². The first-order chi connectivity index (χ1) is 13.1. The van der Waals surface area contributed by atoms with Gasteiger partial charge in [0.2, 0.25) is 10.0 Å². The van der Waals surface area contributed by atoms with Crippen molar-refractivity contribution in [1.82, 2.24) is 9.62 Å². The van der Waals surface area contributed by atoms with Crippen molar-refractivity contribution in [2.75, 3.05) is 26.2 Å². The topological polar surface area (TPSA) is 75.7 Å². The molecule has 0 bridgehead atoms. The summed E-state index contributed by atoms with van der Waals surface area (Å²) in [7, 11) is -3.67. The van der Waals surface area contributed by atoms with Crippen LogP contribution >= 0.6 is 0 Å². The lowest BCUT2D eigenvalue weighted by Gasteiger charge is -2.26. The standard InChI is InChI=1S/C20H24N2O4S/c23-20(21-13-16-26-17-9-3-1-4-10-17)18-11-5-6-12-19(18)27(24,25)22-14-7-2-8-15-22/h1,3-6,9-12H,2,7-8,13-16H2,(H,21,23). The lowest BCUT2D eigenvalue weighted by molar-refractivity contribution is 0.0943. The van der Waals surface area contributed by atoms with Gasteiger partial charge in [-0.1, -0.05) is 36.8 Å². The molecule has 0 atom stereocenters. The number of nitrogens with zero attached hydrogens (tertiary/aromatic N) is 1. The van der Waals surface area contributed by atoms with Crippen LogP contribution in [0.25, 0.3) is 0 Å². The molecular formula is C20H24N2O4S. The summed E-state index contributed by atoms with van der Waals surface area (Å²) in [6, 6.07) is 15.7. The van der Waals surface area contributed by atoms with Gasteiger partial charge in [-0.2, -0.15) is 4.31 Å². The summed E-state index contributed by atoms with van der Waals surface area (Å²) in [6.07, 6.45) is 2.74. The maximum absolute atomic E-state index is 12.9. The SMILES string of the molecule is O=C(NCCOc1ccccc1)c1ccccc1S(=O)(=O)N1CCCCC1. The second-order valence-corrected chi connectivity index (χ2v) is 8.28. The van der Waals surface area contributed by atoms with Gasteiger partial charge in [-0.05, 0) is 37.1 Å². The number of piperidine rings is 1. The van der Waals surface area contributed by atoms with E-state index in [1.165, 1.54) is 10.4 Å². The molecule has 1 aliphatic heterocycles. The van der Waals surface area contributed by atoms with E-state index in [0.717, 1.165) is 25.0 Å². The van der Waals surface area contributed by atoms with E-state index < -0.39 is 15.9 Å². The number of carbonyl (C=O) groups is 1. The fourth-order valence-electron chi connectivity index (χ4n) is 3.07. The molecule has 1 fully saturated rings. The van der Waals surface area contributed by atoms with Crippen molar-refractivity contribution in [1.29, 1.82) is 0 Å². The normalized spacial score (nSPS) is 15.3. The predicted octanol–water partition coefficient (Wildman–Crippen LogP) is 2.67. The molecule has 3 rings (SSSR count). The van der Waals surface area contributed by atoms with Gasteiger partial charge < -0.3 is 10.1 Å². The molecule has 1 saturated heterocycles. The highest BCUT2D eigenvalue weighted by Gasteiger charge is 2.29. The Hall–Kier alpha value is -2.38. The molecule has 0 aliphatic carbocycles. The van der Waals surface area contributed by atoms with Gasteiger partial charge in [-0.3, -0.25) is 4.79 Å². The van der Waals surface area contributed by atoms with E-state index in [1.54, 1.807) is 18.2 Å². The van der Waals surface area contributed by atoms with Gasteiger partial charge in [-0.15, -0.1) is 0 Å². The van der Waals surface area contributed by atoms with Crippen molar-refractivity contribution in [3.8, 4) is 5.75 Å². The van der Waals surface area contributed by atoms with Crippen molar-refractivity contribution in [2.45, 2.75) is 24.2 Å². The molecule has 27 heavy (non-hydrogen) atoms. The van der Waals surface area contributed by atoms with Crippen molar-refractivity contribution < 1.29 is 17.9 Å². The van der Waals surface area contributed by atoms with Crippen molar-refractivity contribution in [3.05, 3.63) is 60.2 Å². The number of para-hydroxylation sites is 1. The van der Waals surface area contributed by atoms with E-state index in [2.05, 4.69) is 5.32 Å². The van der Waals surface area contributed by atoms with E-state index in [-0.39, 0.29) is 17.0 Å². The Labute approximate surface area is 160 Å². The van der Waals surface area contributed by atoms with E-state index in [9.17, 15) is 13.2 Å². The summed E-state index contributed by atoms with van der Waals surface area (Å²) < 4.78 is 32.9. The Kier molecular flexibility index (Phi) is 6.47. The molecule has 0 radical (unpaired) electrons. The second-order valence-electron chi connectivity index (χ2n) is 6.38. The molecule has 0 spiro atoms. The number of rotatable bonds is 7. The fraction of sp³-hybridized carbons (Fsp3) is 0.350. The lowest BCUT2D eigenvalue weighted by atomic mass is 10.2. The number of sulfonamides is 1. The molecule has 7 heteroatoms. The van der Waals surface area contributed by atoms with E-state index in [0.29, 0.717) is 19.7 Å². The highest BCUT2D eigenvalue weighted by molar-refractivity contribution is 7.89. The molecule has 144 valence electrons. The minimum atomic E-state index is -3.67. The molecule has 0 aromatic heterocycles. The summed E-state index contributed by atoms with van der Waals surface area (Å²) in [5.41, 5.74) is 0.169. The molecule has 0 saturated carbocycles. The summed E-state index contributed by atoms with van der Waals surface area (Å²) >= 11 is 0. The first-order valence-corrected chi connectivity index (χ1v) is 10.6. The van der Waals surface area contributed by atoms with E-state index >= 15 is 0 Å². The van der Waals surface area contributed by atoms with Gasteiger partial charge in [0.1, 0.15) is 12.4 Å². The zero-order valence-corrected chi connectivity index (χ0v) is 16.0. The van der Waals surface area contributed by atoms with Crippen LogP contribution in [0.4, 0.5) is 0 Å². The monoisotopic (exact) mass is 388 g/mol. The van der Waals surface area contributed by atoms with Crippen LogP contribution in [0, 0.1) is 0 Å². The molecular weight excluding hydrogens is 364 g/mol. The first kappa shape index (κ1) is 19.4. The number of carbonyl (C=O) groups excluding carboxylic acids is 1. The smallest absolute Gasteiger partial charge is 0.252 e. The van der Waals surface area contributed by atoms with E-state index in [1.807, 2.05) is 30.3 Å². The van der Waals surface area contributed by atoms with Crippen LogP contribution < -0.4 is 10.1 Å². The molecule has 1 N–H and O–H groups in total. The van der Waals surface area contributed by atoms with Gasteiger partial charge in [0, 0.05) is 13.1 Å². The molecule has 1 heterocycles. The minimum absolute atomic E-state index is 0.0633. The molecule has 0 unspecified atom stereocenters. The second kappa shape index (κ2) is 9.01. The maximum atomic E-state index is 12.9. The summed E-state index contributed by atoms with van der Waals surface area (Å²) in [6.45, 7) is 1.59. The van der Waals surface area contributed by atoms with Gasteiger partial charge in [0.05, 0.1) is 17.0 Å². The zero-order chi connectivity index (χ0) is 19.1. The highest BCUT2D eigenvalue weighted by Crippen LogP contribution is 2.23. The summed E-state index contributed by atoms with van der Waals surface area (Å²) in [5.74, 6) is 0.308. The predicted molar refractivity (Wildman–Crippen MR) is 103 cm³/mol. The lowest BCUT2D eigenvalue weighted by Crippen LogP contribution is -2.37. The third kappa shape index (κ3) is 4.87. The molecule has 6 nitrogen and oxygen atoms in total. The van der Waals surface area contributed by atoms with Crippen LogP contribution in [0.2, 0.25) is 0 Å². The fourth-order valence-corrected chi connectivity index (χ4v) is 4.78. The summed E-state index contributed by atoms with van der Waals surface area (Å²) in [5, 5.41) is 2.74. The van der Waals surface area contributed by atoms with Crippen molar-refractivity contribution in [2.24, 2.45) is 0 Å². The third-order valence-electron chi connectivity index (χ3n) is 4.46. The van der Waals surface area contributed by atoms with Crippen LogP contribution in [0.15, 0.2) is 59.5 Å². The molecule has 1 amide bonds. The van der Waals surface area contributed by atoms with Crippen LogP contribution in [0.5, 0.6) is 5.75 Å². The number of hydrogen-bond donors (Lipinski definition) is 1. The quantitative estimate of drug-likeness (QED) is 0.740. The average molecular weight is 388 g/mol. The van der Waals surface area contributed by atoms with Crippen molar-refractivity contribution >= 4 is 15.9 Å². The Morgan fingerprint density at radius 2 is 1.63 bits per heavy atom. The van der Waals surface area contributed by atoms with E-state index in [4.69, 9.17) is 4.74 Å². The van der Waals surface area contributed by atoms with Crippen molar-refractivity contribution in [3.63, 3.8) is 0 Å². The van der Waals surface area contributed by atoms with Crippen LogP contribution in [-0.2, 0) is 10.0 Å². The molecule has 2 aromatic carbocycles. The average Bonchev–Trinajstić information content (AvgIpc) is 2.72. The van der Waals surface area contributed by atoms with Gasteiger partial charge in [0.15, 0.2) is 0 Å². The Morgan fingerprint density at radius 1 is 0.963 bits per heavy atom. The number of ether oxygens (including phenoxy) is 1. The minimum Gasteiger partial charge on any atom is -0.492 e. The largest absolute Gasteiger partial charge is 0.492 e.